The van der Waals surface area contributed by atoms with Crippen molar-refractivity contribution in [1.29, 1.82) is 0 Å². The molecule has 3 aliphatic rings. The standard InChI is InChI=1S/C20H27N5O2S/c1-12-10-25-20(27-12)18(9-23-25)28(21,26)24-11-22-19-16-7-3-5-14(16)13(2)15-6-4-8-17(15)19/h9,12,22H,3-8,10-11H2,1-2H3,(H2,21,24,26)/t12-,28?/m1/s1. The van der Waals surface area contributed by atoms with Crippen LogP contribution in [-0.2, 0) is 42.1 Å². The molecule has 1 aromatic heterocycles. The van der Waals surface area contributed by atoms with E-state index in [1.807, 2.05) is 6.92 Å². The normalized spacial score (nSPS) is 21.6. The fraction of sp³-hybridized carbons (Fsp3) is 0.550. The molecule has 2 atom stereocenters. The summed E-state index contributed by atoms with van der Waals surface area (Å²) in [4.78, 5) is 0.387. The first kappa shape index (κ1) is 18.0. The Labute approximate surface area is 166 Å². The van der Waals surface area contributed by atoms with E-state index in [2.05, 4.69) is 21.7 Å². The number of aromatic nitrogens is 2. The van der Waals surface area contributed by atoms with Crippen molar-refractivity contribution in [1.82, 2.24) is 9.78 Å². The third kappa shape index (κ3) is 2.73. The fourth-order valence-corrected chi connectivity index (χ4v) is 6.00. The van der Waals surface area contributed by atoms with Gasteiger partial charge in [0.1, 0.15) is 27.6 Å². The fourth-order valence-electron chi connectivity index (χ4n) is 5.00. The highest BCUT2D eigenvalue weighted by atomic mass is 32.2. The highest BCUT2D eigenvalue weighted by Gasteiger charge is 2.29. The number of nitrogens with zero attached hydrogens (tertiary/aromatic N) is 3. The summed E-state index contributed by atoms with van der Waals surface area (Å²) in [6.07, 6.45) is 8.46. The number of hydrogen-bond donors (Lipinski definition) is 2. The lowest BCUT2D eigenvalue weighted by Crippen LogP contribution is -2.17. The van der Waals surface area contributed by atoms with Crippen molar-refractivity contribution in [2.24, 2.45) is 9.50 Å². The van der Waals surface area contributed by atoms with Crippen LogP contribution < -0.4 is 15.2 Å². The first-order valence-electron chi connectivity index (χ1n) is 10.1. The van der Waals surface area contributed by atoms with Crippen LogP contribution in [0.1, 0.15) is 47.6 Å². The van der Waals surface area contributed by atoms with E-state index in [-0.39, 0.29) is 12.8 Å². The largest absolute Gasteiger partial charge is 0.472 e. The van der Waals surface area contributed by atoms with E-state index in [9.17, 15) is 4.21 Å². The van der Waals surface area contributed by atoms with Crippen LogP contribution in [0.3, 0.4) is 0 Å². The maximum absolute atomic E-state index is 13.1. The van der Waals surface area contributed by atoms with E-state index in [1.54, 1.807) is 4.68 Å². The Kier molecular flexibility index (Phi) is 4.17. The number of fused-ring (bicyclic) bond motifs is 3. The number of hydrogen-bond acceptors (Lipinski definition) is 5. The van der Waals surface area contributed by atoms with Crippen LogP contribution in [0.5, 0.6) is 5.88 Å². The van der Waals surface area contributed by atoms with Crippen molar-refractivity contribution in [3.05, 3.63) is 34.0 Å². The molecule has 0 amide bonds. The van der Waals surface area contributed by atoms with E-state index in [0.717, 1.165) is 25.7 Å². The summed E-state index contributed by atoms with van der Waals surface area (Å²) in [5.41, 5.74) is 8.59. The minimum Gasteiger partial charge on any atom is -0.472 e. The third-order valence-electron chi connectivity index (χ3n) is 6.27. The summed E-state index contributed by atoms with van der Waals surface area (Å²) in [6.45, 7) is 5.09. The molecule has 0 bridgehead atoms. The van der Waals surface area contributed by atoms with Gasteiger partial charge >= 0.3 is 0 Å². The molecule has 2 aliphatic carbocycles. The quantitative estimate of drug-likeness (QED) is 0.824. The molecule has 0 saturated carbocycles. The van der Waals surface area contributed by atoms with Gasteiger partial charge in [-0.25, -0.2) is 14.0 Å². The molecule has 5 rings (SSSR count). The smallest absolute Gasteiger partial charge is 0.231 e. The molecular weight excluding hydrogens is 374 g/mol. The van der Waals surface area contributed by atoms with Crippen molar-refractivity contribution in [3.63, 3.8) is 0 Å². The lowest BCUT2D eigenvalue weighted by atomic mass is 9.93. The molecule has 2 heterocycles. The van der Waals surface area contributed by atoms with E-state index >= 15 is 0 Å². The minimum absolute atomic E-state index is 0.00788. The Morgan fingerprint density at radius 3 is 2.57 bits per heavy atom. The van der Waals surface area contributed by atoms with Gasteiger partial charge in [0.2, 0.25) is 5.88 Å². The van der Waals surface area contributed by atoms with Gasteiger partial charge in [-0.3, -0.25) is 0 Å². The zero-order valence-corrected chi connectivity index (χ0v) is 17.3. The molecule has 1 aromatic carbocycles. The lowest BCUT2D eigenvalue weighted by molar-refractivity contribution is 0.248. The average molecular weight is 402 g/mol. The van der Waals surface area contributed by atoms with E-state index < -0.39 is 9.92 Å². The number of benzene rings is 1. The van der Waals surface area contributed by atoms with Crippen molar-refractivity contribution in [3.8, 4) is 5.88 Å². The van der Waals surface area contributed by atoms with Gasteiger partial charge in [-0.2, -0.15) is 9.46 Å². The lowest BCUT2D eigenvalue weighted by Gasteiger charge is -2.19. The summed E-state index contributed by atoms with van der Waals surface area (Å²) in [5, 5.41) is 13.8. The van der Waals surface area contributed by atoms with Gasteiger partial charge in [-0.1, -0.05) is 0 Å². The van der Waals surface area contributed by atoms with Crippen molar-refractivity contribution in [2.45, 2.75) is 69.9 Å². The molecule has 28 heavy (non-hydrogen) atoms. The van der Waals surface area contributed by atoms with Gasteiger partial charge in [0.25, 0.3) is 0 Å². The minimum atomic E-state index is -3.07. The number of ether oxygens (including phenoxy) is 1. The van der Waals surface area contributed by atoms with Gasteiger partial charge in [-0.15, -0.1) is 0 Å². The van der Waals surface area contributed by atoms with Crippen molar-refractivity contribution in [2.75, 3.05) is 12.0 Å². The maximum atomic E-state index is 13.1. The Bertz CT molecular complexity index is 1050. The Balaban J connectivity index is 1.44. The second-order valence-electron chi connectivity index (χ2n) is 8.08. The van der Waals surface area contributed by atoms with Crippen molar-refractivity contribution < 1.29 is 8.95 Å². The first-order valence-corrected chi connectivity index (χ1v) is 11.7. The van der Waals surface area contributed by atoms with Crippen LogP contribution in [0, 0.1) is 6.92 Å². The zero-order chi connectivity index (χ0) is 19.5. The number of nitrogens with one attached hydrogen (secondary N) is 1. The van der Waals surface area contributed by atoms with Crippen LogP contribution in [0.15, 0.2) is 15.5 Å². The van der Waals surface area contributed by atoms with Crippen LogP contribution in [-0.4, -0.2) is 26.8 Å². The molecule has 3 N–H and O–H groups in total. The maximum Gasteiger partial charge on any atom is 0.231 e. The average Bonchev–Trinajstić information content (AvgIpc) is 3.39. The topological polar surface area (TPSA) is 94.5 Å². The SMILES string of the molecule is Cc1c2c(c(NCN=S(N)(=O)c3cnn4c3O[C@H](C)C4)c3c1CCC3)CCC2. The van der Waals surface area contributed by atoms with Crippen molar-refractivity contribution >= 4 is 15.6 Å². The predicted octanol–water partition coefficient (Wildman–Crippen LogP) is 2.72. The van der Waals surface area contributed by atoms with Crippen LogP contribution in [0.25, 0.3) is 0 Å². The van der Waals surface area contributed by atoms with Gasteiger partial charge < -0.3 is 10.1 Å². The highest BCUT2D eigenvalue weighted by molar-refractivity contribution is 7.91. The Morgan fingerprint density at radius 1 is 1.25 bits per heavy atom. The molecule has 0 fully saturated rings. The van der Waals surface area contributed by atoms with Gasteiger partial charge in [0, 0.05) is 5.69 Å². The summed E-state index contributed by atoms with van der Waals surface area (Å²) in [7, 11) is -3.07. The summed E-state index contributed by atoms with van der Waals surface area (Å²) >= 11 is 0. The van der Waals surface area contributed by atoms with Crippen LogP contribution in [0.4, 0.5) is 5.69 Å². The molecule has 7 nitrogen and oxygen atoms in total. The molecular formula is C20H27N5O2S. The highest BCUT2D eigenvalue weighted by Crippen LogP contribution is 2.41. The first-order chi connectivity index (χ1) is 13.5. The van der Waals surface area contributed by atoms with Crippen LogP contribution in [0.2, 0.25) is 0 Å². The number of rotatable bonds is 4. The molecule has 0 spiro atoms. The van der Waals surface area contributed by atoms with E-state index in [0.29, 0.717) is 17.3 Å². The molecule has 0 saturated heterocycles. The second kappa shape index (κ2) is 6.49. The van der Waals surface area contributed by atoms with Gasteiger partial charge in [0.05, 0.1) is 12.7 Å². The Hall–Kier alpha value is -2.06. The van der Waals surface area contributed by atoms with Gasteiger partial charge in [0.15, 0.2) is 0 Å². The molecule has 1 unspecified atom stereocenters. The molecule has 1 aliphatic heterocycles. The summed E-state index contributed by atoms with van der Waals surface area (Å²) < 4.78 is 24.8. The molecule has 8 heteroatoms. The molecule has 150 valence electrons. The van der Waals surface area contributed by atoms with Gasteiger partial charge in [-0.05, 0) is 80.2 Å². The van der Waals surface area contributed by atoms with E-state index in [1.165, 1.54) is 52.5 Å². The molecule has 0 radical (unpaired) electrons. The Morgan fingerprint density at radius 2 is 1.89 bits per heavy atom. The third-order valence-corrected chi connectivity index (χ3v) is 7.70. The predicted molar refractivity (Wildman–Crippen MR) is 109 cm³/mol. The summed E-state index contributed by atoms with van der Waals surface area (Å²) in [5.74, 6) is 0.487. The summed E-state index contributed by atoms with van der Waals surface area (Å²) in [6, 6.07) is 0. The number of anilines is 1. The number of nitrogens with two attached hydrogens (primary N) is 1. The van der Waals surface area contributed by atoms with E-state index in [4.69, 9.17) is 9.88 Å². The molecule has 2 aromatic rings. The monoisotopic (exact) mass is 401 g/mol. The second-order valence-corrected chi connectivity index (χ2v) is 9.91. The van der Waals surface area contributed by atoms with Crippen LogP contribution >= 0.6 is 0 Å². The zero-order valence-electron chi connectivity index (χ0n) is 16.5.